The number of hydrogen-bond donors (Lipinski definition) is 1. The van der Waals surface area contributed by atoms with Crippen LogP contribution >= 0.6 is 0 Å². The number of hydrogen-bond acceptors (Lipinski definition) is 4. The van der Waals surface area contributed by atoms with E-state index in [0.717, 1.165) is 45.0 Å². The van der Waals surface area contributed by atoms with Gasteiger partial charge >= 0.3 is 0 Å². The first-order valence-electron chi connectivity index (χ1n) is 8.93. The van der Waals surface area contributed by atoms with E-state index in [0.29, 0.717) is 0 Å². The highest BCUT2D eigenvalue weighted by atomic mass is 16.5. The smallest absolute Gasteiger partial charge is 0.119 e. The number of fused-ring (bicyclic) bond motifs is 1. The average Bonchev–Trinajstić information content (AvgIpc) is 2.65. The van der Waals surface area contributed by atoms with Crippen LogP contribution in [0.25, 0.3) is 0 Å². The molecule has 0 bridgehead atoms. The van der Waals surface area contributed by atoms with Crippen LogP contribution < -0.4 is 10.1 Å². The summed E-state index contributed by atoms with van der Waals surface area (Å²) in [5.41, 5.74) is 3.93. The van der Waals surface area contributed by atoms with E-state index in [2.05, 4.69) is 53.3 Å². The number of likely N-dealkylation sites (N-methyl/N-ethyl adjacent to an activating group) is 1. The molecule has 0 aliphatic carbocycles. The molecular weight excluding hydrogens is 298 g/mol. The molecule has 1 unspecified atom stereocenters. The van der Waals surface area contributed by atoms with E-state index in [9.17, 15) is 0 Å². The van der Waals surface area contributed by atoms with Crippen LogP contribution in [0, 0.1) is 0 Å². The van der Waals surface area contributed by atoms with Gasteiger partial charge in [-0.05, 0) is 54.4 Å². The second-order valence-electron chi connectivity index (χ2n) is 6.16. The van der Waals surface area contributed by atoms with Gasteiger partial charge in [0, 0.05) is 25.5 Å². The summed E-state index contributed by atoms with van der Waals surface area (Å²) in [5, 5.41) is 3.60. The molecule has 1 aromatic heterocycles. The van der Waals surface area contributed by atoms with Gasteiger partial charge in [0.15, 0.2) is 0 Å². The van der Waals surface area contributed by atoms with Gasteiger partial charge in [0.1, 0.15) is 12.4 Å². The van der Waals surface area contributed by atoms with Gasteiger partial charge in [-0.3, -0.25) is 4.98 Å². The molecule has 4 nitrogen and oxygen atoms in total. The molecule has 0 saturated carbocycles. The van der Waals surface area contributed by atoms with Gasteiger partial charge < -0.3 is 15.0 Å². The van der Waals surface area contributed by atoms with Crippen LogP contribution in [0.3, 0.4) is 0 Å². The molecule has 1 atom stereocenters. The summed E-state index contributed by atoms with van der Waals surface area (Å²) in [4.78, 5) is 6.63. The number of benzene rings is 1. The van der Waals surface area contributed by atoms with Crippen molar-refractivity contribution in [2.24, 2.45) is 0 Å². The lowest BCUT2D eigenvalue weighted by atomic mass is 9.90. The highest BCUT2D eigenvalue weighted by Gasteiger charge is 2.21. The van der Waals surface area contributed by atoms with E-state index < -0.39 is 0 Å². The SMILES string of the molecule is CCN(CC)CCOc1ccc2c(c1)CCNC2c1cccnc1. The first kappa shape index (κ1) is 16.9. The molecule has 2 aromatic rings. The molecule has 0 saturated heterocycles. The van der Waals surface area contributed by atoms with Crippen molar-refractivity contribution in [3.05, 3.63) is 59.4 Å². The number of nitrogens with one attached hydrogen (secondary N) is 1. The lowest BCUT2D eigenvalue weighted by Crippen LogP contribution is -2.30. The normalized spacial score (nSPS) is 16.9. The Hall–Kier alpha value is -1.91. The summed E-state index contributed by atoms with van der Waals surface area (Å²) in [5.74, 6) is 0.979. The van der Waals surface area contributed by atoms with Crippen LogP contribution in [0.4, 0.5) is 0 Å². The molecule has 24 heavy (non-hydrogen) atoms. The monoisotopic (exact) mass is 325 g/mol. The van der Waals surface area contributed by atoms with Crippen molar-refractivity contribution in [3.8, 4) is 5.75 Å². The fraction of sp³-hybridized carbons (Fsp3) is 0.450. The molecule has 2 heterocycles. The van der Waals surface area contributed by atoms with Crippen molar-refractivity contribution in [1.29, 1.82) is 0 Å². The fourth-order valence-electron chi connectivity index (χ4n) is 3.31. The third-order valence-electron chi connectivity index (χ3n) is 4.76. The van der Waals surface area contributed by atoms with Gasteiger partial charge in [0.25, 0.3) is 0 Å². The third-order valence-corrected chi connectivity index (χ3v) is 4.76. The summed E-state index contributed by atoms with van der Waals surface area (Å²) < 4.78 is 5.97. The van der Waals surface area contributed by atoms with Gasteiger partial charge in [-0.1, -0.05) is 26.0 Å². The Balaban J connectivity index is 1.69. The van der Waals surface area contributed by atoms with Crippen molar-refractivity contribution < 1.29 is 4.74 Å². The molecular formula is C20H27N3O. The average molecular weight is 325 g/mol. The summed E-state index contributed by atoms with van der Waals surface area (Å²) in [6.07, 6.45) is 4.81. The van der Waals surface area contributed by atoms with Crippen LogP contribution in [0.1, 0.15) is 36.6 Å². The predicted octanol–water partition coefficient (Wildman–Crippen LogP) is 3.04. The number of rotatable bonds is 7. The van der Waals surface area contributed by atoms with Crippen LogP contribution in [0.15, 0.2) is 42.7 Å². The molecule has 128 valence electrons. The van der Waals surface area contributed by atoms with Crippen molar-refractivity contribution in [2.75, 3.05) is 32.8 Å². The number of pyridine rings is 1. The maximum atomic E-state index is 5.97. The van der Waals surface area contributed by atoms with E-state index >= 15 is 0 Å². The van der Waals surface area contributed by atoms with E-state index in [-0.39, 0.29) is 6.04 Å². The van der Waals surface area contributed by atoms with Gasteiger partial charge in [0.2, 0.25) is 0 Å². The van der Waals surface area contributed by atoms with Gasteiger partial charge in [0.05, 0.1) is 6.04 Å². The molecule has 1 aliphatic rings. The first-order valence-corrected chi connectivity index (χ1v) is 8.93. The second kappa shape index (κ2) is 8.27. The van der Waals surface area contributed by atoms with E-state index in [4.69, 9.17) is 4.74 Å². The Labute approximate surface area is 144 Å². The molecule has 0 amide bonds. The molecule has 0 spiro atoms. The molecule has 1 aliphatic heterocycles. The highest BCUT2D eigenvalue weighted by Crippen LogP contribution is 2.30. The standard InChI is InChI=1S/C20H27N3O/c1-3-23(4-2)12-13-24-18-7-8-19-16(14-18)9-11-22-20(19)17-6-5-10-21-15-17/h5-8,10,14-15,20,22H,3-4,9,11-13H2,1-2H3. The Bertz CT molecular complexity index is 641. The number of ether oxygens (including phenoxy) is 1. The lowest BCUT2D eigenvalue weighted by Gasteiger charge is -2.27. The zero-order chi connectivity index (χ0) is 16.8. The van der Waals surface area contributed by atoms with E-state index in [1.54, 1.807) is 0 Å². The van der Waals surface area contributed by atoms with Crippen molar-refractivity contribution >= 4 is 0 Å². The molecule has 3 rings (SSSR count). The Morgan fingerprint density at radius 2 is 2.12 bits per heavy atom. The minimum absolute atomic E-state index is 0.229. The zero-order valence-corrected chi connectivity index (χ0v) is 14.7. The minimum atomic E-state index is 0.229. The summed E-state index contributed by atoms with van der Waals surface area (Å²) in [6, 6.07) is 10.9. The van der Waals surface area contributed by atoms with Crippen LogP contribution in [-0.4, -0.2) is 42.7 Å². The summed E-state index contributed by atoms with van der Waals surface area (Å²) >= 11 is 0. The maximum absolute atomic E-state index is 5.97. The predicted molar refractivity (Wildman–Crippen MR) is 97.5 cm³/mol. The molecule has 4 heteroatoms. The second-order valence-corrected chi connectivity index (χ2v) is 6.16. The van der Waals surface area contributed by atoms with Crippen molar-refractivity contribution in [1.82, 2.24) is 15.2 Å². The van der Waals surface area contributed by atoms with E-state index in [1.807, 2.05) is 18.5 Å². The van der Waals surface area contributed by atoms with Gasteiger partial charge in [-0.15, -0.1) is 0 Å². The third kappa shape index (κ3) is 3.94. The Morgan fingerprint density at radius 1 is 1.25 bits per heavy atom. The first-order chi connectivity index (χ1) is 11.8. The minimum Gasteiger partial charge on any atom is -0.492 e. The molecule has 1 N–H and O–H groups in total. The fourth-order valence-corrected chi connectivity index (χ4v) is 3.31. The van der Waals surface area contributed by atoms with Crippen LogP contribution in [0.5, 0.6) is 5.75 Å². The quantitative estimate of drug-likeness (QED) is 0.849. The van der Waals surface area contributed by atoms with Gasteiger partial charge in [-0.25, -0.2) is 0 Å². The van der Waals surface area contributed by atoms with Gasteiger partial charge in [-0.2, -0.15) is 0 Å². The highest BCUT2D eigenvalue weighted by molar-refractivity contribution is 5.43. The lowest BCUT2D eigenvalue weighted by molar-refractivity contribution is 0.222. The largest absolute Gasteiger partial charge is 0.492 e. The van der Waals surface area contributed by atoms with Crippen LogP contribution in [0.2, 0.25) is 0 Å². The molecule has 1 aromatic carbocycles. The van der Waals surface area contributed by atoms with Crippen molar-refractivity contribution in [2.45, 2.75) is 26.3 Å². The summed E-state index contributed by atoms with van der Waals surface area (Å²) in [7, 11) is 0. The van der Waals surface area contributed by atoms with E-state index in [1.165, 1.54) is 16.7 Å². The molecule has 0 radical (unpaired) electrons. The number of aromatic nitrogens is 1. The summed E-state index contributed by atoms with van der Waals surface area (Å²) in [6.45, 7) is 9.22. The zero-order valence-electron chi connectivity index (χ0n) is 14.7. The topological polar surface area (TPSA) is 37.4 Å². The number of nitrogens with zero attached hydrogens (tertiary/aromatic N) is 2. The maximum Gasteiger partial charge on any atom is 0.119 e. The van der Waals surface area contributed by atoms with Crippen LogP contribution in [-0.2, 0) is 6.42 Å². The van der Waals surface area contributed by atoms with Crippen molar-refractivity contribution in [3.63, 3.8) is 0 Å². The Kier molecular flexibility index (Phi) is 5.83. The Morgan fingerprint density at radius 3 is 2.88 bits per heavy atom. The molecule has 0 fully saturated rings.